The fourth-order valence-corrected chi connectivity index (χ4v) is 0.647. The van der Waals surface area contributed by atoms with E-state index in [1.807, 2.05) is 0 Å². The van der Waals surface area contributed by atoms with Crippen LogP contribution in [-0.4, -0.2) is 28.9 Å². The van der Waals surface area contributed by atoms with Crippen LogP contribution in [0, 0.1) is 0 Å². The highest BCUT2D eigenvalue weighted by molar-refractivity contribution is 5.87. The molecule has 0 aliphatic rings. The monoisotopic (exact) mass is 174 g/mol. The van der Waals surface area contributed by atoms with Crippen LogP contribution in [0.4, 0.5) is 0 Å². The number of carbonyl (C=O) groups is 3. The summed E-state index contributed by atoms with van der Waals surface area (Å²) in [4.78, 5) is 31.1. The number of carboxylic acids is 1. The summed E-state index contributed by atoms with van der Waals surface area (Å²) in [6, 6.07) is -1.22. The first-order chi connectivity index (χ1) is 5.43. The maximum absolute atomic E-state index is 10.4. The normalized spacial score (nSPS) is 11.8. The van der Waals surface area contributed by atoms with Crippen LogP contribution in [0.3, 0.4) is 0 Å². The van der Waals surface area contributed by atoms with Gasteiger partial charge in [0.15, 0.2) is 0 Å². The number of rotatable bonds is 4. The Morgan fingerprint density at radius 1 is 1.50 bits per heavy atom. The van der Waals surface area contributed by atoms with E-state index in [2.05, 4.69) is 5.32 Å². The van der Waals surface area contributed by atoms with Crippen LogP contribution in [0.2, 0.25) is 0 Å². The van der Waals surface area contributed by atoms with Gasteiger partial charge in [0.1, 0.15) is 6.04 Å². The largest absolute Gasteiger partial charge is 0.480 e. The highest BCUT2D eigenvalue weighted by Crippen LogP contribution is 1.90. The molecule has 6 nitrogen and oxygen atoms in total. The van der Waals surface area contributed by atoms with Gasteiger partial charge in [0, 0.05) is 6.92 Å². The standard InChI is InChI=1S/C6H10N2O4/c1-3(9)8-4(6(11)12)2-5(7)10/h4H,2H2,1H3,(H2,7,10)(H,8,9)(H,11,12)/t4-/m1/s1. The number of hydrogen-bond donors (Lipinski definition) is 3. The van der Waals surface area contributed by atoms with Crippen LogP contribution >= 0.6 is 0 Å². The number of amides is 2. The second-order valence-corrected chi connectivity index (χ2v) is 2.26. The molecule has 4 N–H and O–H groups in total. The molecule has 2 amide bonds. The van der Waals surface area contributed by atoms with Gasteiger partial charge in [-0.3, -0.25) is 9.59 Å². The highest BCUT2D eigenvalue weighted by Gasteiger charge is 2.20. The Bertz CT molecular complexity index is 198. The molecule has 0 aliphatic heterocycles. The Kier molecular flexibility index (Phi) is 3.75. The predicted octanol–water partition coefficient (Wildman–Crippen LogP) is -1.55. The number of hydrogen-bond acceptors (Lipinski definition) is 3. The van der Waals surface area contributed by atoms with Crippen LogP contribution in [-0.2, 0) is 14.4 Å². The molecule has 0 bridgehead atoms. The van der Waals surface area contributed by atoms with Gasteiger partial charge in [-0.15, -0.1) is 0 Å². The van der Waals surface area contributed by atoms with Gasteiger partial charge in [-0.2, -0.15) is 0 Å². The first-order valence-electron chi connectivity index (χ1n) is 3.21. The minimum absolute atomic E-state index is 0.394. The van der Waals surface area contributed by atoms with Gasteiger partial charge in [0.2, 0.25) is 11.8 Å². The highest BCUT2D eigenvalue weighted by atomic mass is 16.4. The van der Waals surface area contributed by atoms with Crippen LogP contribution in [0.25, 0.3) is 0 Å². The summed E-state index contributed by atoms with van der Waals surface area (Å²) in [6.45, 7) is 1.16. The number of nitrogens with two attached hydrogens (primary N) is 1. The van der Waals surface area contributed by atoms with E-state index in [4.69, 9.17) is 10.8 Å². The van der Waals surface area contributed by atoms with E-state index in [0.717, 1.165) is 6.92 Å². The lowest BCUT2D eigenvalue weighted by atomic mass is 10.2. The maximum Gasteiger partial charge on any atom is 0.326 e. The van der Waals surface area contributed by atoms with E-state index in [1.54, 1.807) is 0 Å². The second kappa shape index (κ2) is 4.32. The summed E-state index contributed by atoms with van der Waals surface area (Å²) in [7, 11) is 0. The van der Waals surface area contributed by atoms with Gasteiger partial charge in [-0.25, -0.2) is 4.79 Å². The Morgan fingerprint density at radius 3 is 2.25 bits per heavy atom. The van der Waals surface area contributed by atoms with Crippen molar-refractivity contribution in [1.29, 1.82) is 0 Å². The molecule has 0 saturated carbocycles. The van der Waals surface area contributed by atoms with Crippen LogP contribution < -0.4 is 11.1 Å². The molecule has 0 aromatic carbocycles. The Labute approximate surface area is 68.7 Å². The molecule has 0 aromatic rings. The van der Waals surface area contributed by atoms with Crippen molar-refractivity contribution >= 4 is 17.8 Å². The lowest BCUT2D eigenvalue weighted by Crippen LogP contribution is -2.42. The van der Waals surface area contributed by atoms with Gasteiger partial charge in [0.25, 0.3) is 0 Å². The molecule has 68 valence electrons. The van der Waals surface area contributed by atoms with E-state index >= 15 is 0 Å². The zero-order valence-corrected chi connectivity index (χ0v) is 6.53. The van der Waals surface area contributed by atoms with Crippen molar-refractivity contribution in [1.82, 2.24) is 5.32 Å². The number of primary amides is 1. The van der Waals surface area contributed by atoms with E-state index in [1.165, 1.54) is 0 Å². The first-order valence-corrected chi connectivity index (χ1v) is 3.21. The van der Waals surface area contributed by atoms with Gasteiger partial charge >= 0.3 is 5.97 Å². The maximum atomic E-state index is 10.4. The van der Waals surface area contributed by atoms with Crippen molar-refractivity contribution in [2.24, 2.45) is 5.73 Å². The molecule has 0 aromatic heterocycles. The number of carboxylic acid groups (broad SMARTS) is 1. The molecule has 6 heteroatoms. The lowest BCUT2D eigenvalue weighted by Gasteiger charge is -2.09. The van der Waals surface area contributed by atoms with E-state index in [-0.39, 0.29) is 0 Å². The molecule has 12 heavy (non-hydrogen) atoms. The summed E-state index contributed by atoms with van der Waals surface area (Å²) in [6.07, 6.45) is -0.394. The minimum atomic E-state index is -1.27. The Balaban J connectivity index is 4.14. The van der Waals surface area contributed by atoms with Gasteiger partial charge < -0.3 is 16.2 Å². The summed E-state index contributed by atoms with van der Waals surface area (Å²) >= 11 is 0. The summed E-state index contributed by atoms with van der Waals surface area (Å²) < 4.78 is 0. The molecule has 0 aliphatic carbocycles. The fourth-order valence-electron chi connectivity index (χ4n) is 0.647. The minimum Gasteiger partial charge on any atom is -0.480 e. The lowest BCUT2D eigenvalue weighted by molar-refractivity contribution is -0.143. The number of aliphatic carboxylic acids is 1. The van der Waals surface area contributed by atoms with Gasteiger partial charge in [-0.05, 0) is 0 Å². The summed E-state index contributed by atoms with van der Waals surface area (Å²) in [5.41, 5.74) is 4.75. The van der Waals surface area contributed by atoms with Crippen LogP contribution in [0.1, 0.15) is 13.3 Å². The van der Waals surface area contributed by atoms with Crippen molar-refractivity contribution in [3.8, 4) is 0 Å². The van der Waals surface area contributed by atoms with Crippen LogP contribution in [0.15, 0.2) is 0 Å². The van der Waals surface area contributed by atoms with Crippen molar-refractivity contribution in [2.75, 3.05) is 0 Å². The molecular formula is C6H10N2O4. The topological polar surface area (TPSA) is 109 Å². The third-order valence-corrected chi connectivity index (χ3v) is 1.08. The van der Waals surface area contributed by atoms with Crippen molar-refractivity contribution in [2.45, 2.75) is 19.4 Å². The third-order valence-electron chi connectivity index (χ3n) is 1.08. The van der Waals surface area contributed by atoms with Crippen molar-refractivity contribution < 1.29 is 19.5 Å². The fraction of sp³-hybridized carbons (Fsp3) is 0.500. The molecule has 0 rings (SSSR count). The predicted molar refractivity (Wildman–Crippen MR) is 39.1 cm³/mol. The molecule has 0 heterocycles. The second-order valence-electron chi connectivity index (χ2n) is 2.26. The average Bonchev–Trinajstić information content (AvgIpc) is 1.83. The average molecular weight is 174 g/mol. The van der Waals surface area contributed by atoms with Gasteiger partial charge in [0.05, 0.1) is 6.42 Å². The molecular weight excluding hydrogens is 164 g/mol. The molecule has 0 radical (unpaired) electrons. The quantitative estimate of drug-likeness (QED) is 0.479. The zero-order valence-electron chi connectivity index (χ0n) is 6.53. The molecule has 0 spiro atoms. The van der Waals surface area contributed by atoms with E-state index < -0.39 is 30.2 Å². The van der Waals surface area contributed by atoms with Crippen molar-refractivity contribution in [3.63, 3.8) is 0 Å². The molecule has 1 atom stereocenters. The molecule has 0 unspecified atom stereocenters. The number of nitrogens with one attached hydrogen (secondary N) is 1. The van der Waals surface area contributed by atoms with E-state index in [9.17, 15) is 14.4 Å². The zero-order chi connectivity index (χ0) is 9.72. The Hall–Kier alpha value is -1.59. The number of carbonyl (C=O) groups excluding carboxylic acids is 2. The van der Waals surface area contributed by atoms with Crippen LogP contribution in [0.5, 0.6) is 0 Å². The molecule has 0 fully saturated rings. The third kappa shape index (κ3) is 4.26. The first kappa shape index (κ1) is 10.4. The Morgan fingerprint density at radius 2 is 2.00 bits per heavy atom. The van der Waals surface area contributed by atoms with E-state index in [0.29, 0.717) is 0 Å². The summed E-state index contributed by atoms with van der Waals surface area (Å²) in [5, 5.41) is 10.5. The van der Waals surface area contributed by atoms with Gasteiger partial charge in [-0.1, -0.05) is 0 Å². The summed E-state index contributed by atoms with van der Waals surface area (Å²) in [5.74, 6) is -2.55. The SMILES string of the molecule is CC(=O)N[C@H](CC(N)=O)C(=O)O. The smallest absolute Gasteiger partial charge is 0.326 e. The molecule has 0 saturated heterocycles. The van der Waals surface area contributed by atoms with Crippen molar-refractivity contribution in [3.05, 3.63) is 0 Å².